The van der Waals surface area contributed by atoms with E-state index >= 15 is 0 Å². The maximum Gasteiger partial charge on any atom is 0.407 e. The van der Waals surface area contributed by atoms with Crippen molar-refractivity contribution >= 4 is 6.09 Å². The third kappa shape index (κ3) is 6.97. The zero-order chi connectivity index (χ0) is 16.6. The number of hydrogen-bond donors (Lipinski definition) is 2. The van der Waals surface area contributed by atoms with Crippen LogP contribution in [0.3, 0.4) is 0 Å². The quantitative estimate of drug-likeness (QED) is 0.721. The van der Waals surface area contributed by atoms with Crippen molar-refractivity contribution in [2.24, 2.45) is 5.41 Å². The van der Waals surface area contributed by atoms with Crippen LogP contribution in [-0.4, -0.2) is 42.7 Å². The molecule has 1 aliphatic heterocycles. The smallest absolute Gasteiger partial charge is 0.407 e. The molecular weight excluding hydrogens is 282 g/mol. The number of aliphatic hydroxyl groups excluding tert-OH is 1. The monoisotopic (exact) mass is 315 g/mol. The van der Waals surface area contributed by atoms with Gasteiger partial charge in [0, 0.05) is 18.6 Å². The molecule has 5 nitrogen and oxygen atoms in total. The number of hydrogen-bond acceptors (Lipinski definition) is 4. The van der Waals surface area contributed by atoms with E-state index in [-0.39, 0.29) is 12.0 Å². The predicted molar refractivity (Wildman–Crippen MR) is 86.9 cm³/mol. The number of amides is 1. The number of nitrogens with one attached hydrogen (secondary N) is 1. The maximum absolute atomic E-state index is 11.8. The van der Waals surface area contributed by atoms with Gasteiger partial charge in [0.05, 0.1) is 12.7 Å². The van der Waals surface area contributed by atoms with Gasteiger partial charge in [-0.05, 0) is 52.9 Å². The molecule has 0 saturated carbocycles. The SMILES string of the molecule is CCCC(CO)(CCC1CCCO1)CNC(=O)OC(C)(C)C. The molecule has 130 valence electrons. The van der Waals surface area contributed by atoms with E-state index in [2.05, 4.69) is 12.2 Å². The normalized spacial score (nSPS) is 21.4. The van der Waals surface area contributed by atoms with Gasteiger partial charge in [0.15, 0.2) is 0 Å². The predicted octanol–water partition coefficient (Wildman–Crippen LogP) is 3.25. The highest BCUT2D eigenvalue weighted by molar-refractivity contribution is 5.67. The Kier molecular flexibility index (Phi) is 7.63. The van der Waals surface area contributed by atoms with E-state index in [1.165, 1.54) is 0 Å². The second kappa shape index (κ2) is 8.73. The topological polar surface area (TPSA) is 67.8 Å². The third-order valence-electron chi connectivity index (χ3n) is 4.14. The van der Waals surface area contributed by atoms with Gasteiger partial charge < -0.3 is 19.9 Å². The van der Waals surface area contributed by atoms with Gasteiger partial charge in [-0.15, -0.1) is 0 Å². The largest absolute Gasteiger partial charge is 0.444 e. The first-order valence-corrected chi connectivity index (χ1v) is 8.49. The molecule has 2 atom stereocenters. The van der Waals surface area contributed by atoms with E-state index in [1.54, 1.807) is 0 Å². The average molecular weight is 315 g/mol. The first-order chi connectivity index (χ1) is 10.3. The summed E-state index contributed by atoms with van der Waals surface area (Å²) in [5.74, 6) is 0. The van der Waals surface area contributed by atoms with Crippen LogP contribution in [0.2, 0.25) is 0 Å². The summed E-state index contributed by atoms with van der Waals surface area (Å²) in [6, 6.07) is 0. The first-order valence-electron chi connectivity index (χ1n) is 8.49. The molecule has 2 unspecified atom stereocenters. The Balaban J connectivity index is 2.51. The van der Waals surface area contributed by atoms with Gasteiger partial charge >= 0.3 is 6.09 Å². The molecular formula is C17H33NO4. The minimum Gasteiger partial charge on any atom is -0.444 e. The van der Waals surface area contributed by atoms with Crippen molar-refractivity contribution in [3.05, 3.63) is 0 Å². The lowest BCUT2D eigenvalue weighted by atomic mass is 9.79. The van der Waals surface area contributed by atoms with Crippen LogP contribution < -0.4 is 5.32 Å². The second-order valence-corrected chi connectivity index (χ2v) is 7.44. The van der Waals surface area contributed by atoms with Crippen LogP contribution in [0.15, 0.2) is 0 Å². The Morgan fingerprint density at radius 1 is 1.36 bits per heavy atom. The summed E-state index contributed by atoms with van der Waals surface area (Å²) >= 11 is 0. The van der Waals surface area contributed by atoms with Crippen LogP contribution in [0.5, 0.6) is 0 Å². The molecule has 1 rings (SSSR count). The molecule has 0 radical (unpaired) electrons. The van der Waals surface area contributed by atoms with Crippen molar-refractivity contribution in [2.75, 3.05) is 19.8 Å². The van der Waals surface area contributed by atoms with E-state index in [4.69, 9.17) is 9.47 Å². The van der Waals surface area contributed by atoms with Gasteiger partial charge in [0.2, 0.25) is 0 Å². The van der Waals surface area contributed by atoms with E-state index in [1.807, 2.05) is 20.8 Å². The molecule has 0 aromatic heterocycles. The highest BCUT2D eigenvalue weighted by Crippen LogP contribution is 2.31. The minimum absolute atomic E-state index is 0.0728. The summed E-state index contributed by atoms with van der Waals surface area (Å²) in [6.07, 6.45) is 5.78. The van der Waals surface area contributed by atoms with Gasteiger partial charge in [-0.1, -0.05) is 13.3 Å². The fourth-order valence-corrected chi connectivity index (χ4v) is 2.96. The molecule has 1 amide bonds. The van der Waals surface area contributed by atoms with Gasteiger partial charge in [-0.3, -0.25) is 0 Å². The summed E-state index contributed by atoms with van der Waals surface area (Å²) in [5.41, 5.74) is -0.786. The highest BCUT2D eigenvalue weighted by atomic mass is 16.6. The number of carbonyl (C=O) groups is 1. The summed E-state index contributed by atoms with van der Waals surface area (Å²) in [4.78, 5) is 11.8. The average Bonchev–Trinajstić information content (AvgIpc) is 2.93. The van der Waals surface area contributed by atoms with Crippen LogP contribution >= 0.6 is 0 Å². The molecule has 5 heteroatoms. The molecule has 0 aliphatic carbocycles. The summed E-state index contributed by atoms with van der Waals surface area (Å²) < 4.78 is 10.9. The lowest BCUT2D eigenvalue weighted by molar-refractivity contribution is 0.0387. The van der Waals surface area contributed by atoms with Gasteiger partial charge in [-0.25, -0.2) is 4.79 Å². The lowest BCUT2D eigenvalue weighted by Gasteiger charge is -2.33. The number of aliphatic hydroxyl groups is 1. The van der Waals surface area contributed by atoms with Crippen LogP contribution in [0.25, 0.3) is 0 Å². The van der Waals surface area contributed by atoms with Gasteiger partial charge in [-0.2, -0.15) is 0 Å². The summed E-state index contributed by atoms with van der Waals surface area (Å²) in [7, 11) is 0. The van der Waals surface area contributed by atoms with Crippen molar-refractivity contribution in [1.29, 1.82) is 0 Å². The molecule has 1 fully saturated rings. The lowest BCUT2D eigenvalue weighted by Crippen LogP contribution is -2.42. The van der Waals surface area contributed by atoms with Crippen LogP contribution in [0.1, 0.15) is 66.2 Å². The van der Waals surface area contributed by atoms with Crippen molar-refractivity contribution in [1.82, 2.24) is 5.32 Å². The molecule has 0 spiro atoms. The highest BCUT2D eigenvalue weighted by Gasteiger charge is 2.31. The summed E-state index contributed by atoms with van der Waals surface area (Å²) in [6.45, 7) is 8.99. The first kappa shape index (κ1) is 19.2. The Morgan fingerprint density at radius 2 is 2.09 bits per heavy atom. The van der Waals surface area contributed by atoms with E-state index in [9.17, 15) is 9.90 Å². The molecule has 22 heavy (non-hydrogen) atoms. The fourth-order valence-electron chi connectivity index (χ4n) is 2.96. The van der Waals surface area contributed by atoms with E-state index in [0.29, 0.717) is 12.6 Å². The molecule has 1 heterocycles. The van der Waals surface area contributed by atoms with E-state index < -0.39 is 11.7 Å². The standard InChI is InChI=1S/C17H33NO4/c1-5-9-17(13-19,10-8-14-7-6-11-21-14)12-18-15(20)22-16(2,3)4/h14,19H,5-13H2,1-4H3,(H,18,20). The van der Waals surface area contributed by atoms with Crippen molar-refractivity contribution in [3.63, 3.8) is 0 Å². The molecule has 0 bridgehead atoms. The van der Waals surface area contributed by atoms with Crippen molar-refractivity contribution in [3.8, 4) is 0 Å². The Bertz CT molecular complexity index is 334. The molecule has 1 saturated heterocycles. The van der Waals surface area contributed by atoms with Crippen LogP contribution in [0, 0.1) is 5.41 Å². The second-order valence-electron chi connectivity index (χ2n) is 7.44. The summed E-state index contributed by atoms with van der Waals surface area (Å²) in [5, 5.41) is 12.7. The zero-order valence-electron chi connectivity index (χ0n) is 14.6. The molecule has 0 aromatic rings. The van der Waals surface area contributed by atoms with Crippen molar-refractivity contribution in [2.45, 2.75) is 77.9 Å². The number of alkyl carbamates (subject to hydrolysis) is 1. The Hall–Kier alpha value is -0.810. The number of carbonyl (C=O) groups excluding carboxylic acids is 1. The number of rotatable bonds is 8. The molecule has 2 N–H and O–H groups in total. The van der Waals surface area contributed by atoms with E-state index in [0.717, 1.165) is 45.1 Å². The minimum atomic E-state index is -0.506. The van der Waals surface area contributed by atoms with Crippen molar-refractivity contribution < 1.29 is 19.4 Å². The van der Waals surface area contributed by atoms with Gasteiger partial charge in [0.1, 0.15) is 5.60 Å². The number of ether oxygens (including phenoxy) is 2. The van der Waals surface area contributed by atoms with Gasteiger partial charge in [0.25, 0.3) is 0 Å². The molecule has 0 aromatic carbocycles. The van der Waals surface area contributed by atoms with Crippen LogP contribution in [0.4, 0.5) is 4.79 Å². The third-order valence-corrected chi connectivity index (χ3v) is 4.14. The Labute approximate surface area is 134 Å². The zero-order valence-corrected chi connectivity index (χ0v) is 14.6. The fraction of sp³-hybridized carbons (Fsp3) is 0.941. The van der Waals surface area contributed by atoms with Crippen LogP contribution in [-0.2, 0) is 9.47 Å². The molecule has 1 aliphatic rings. The Morgan fingerprint density at radius 3 is 2.59 bits per heavy atom. The maximum atomic E-state index is 11.8.